The quantitative estimate of drug-likeness (QED) is 0.544. The first kappa shape index (κ1) is 12.8. The molecule has 1 aromatic carbocycles. The van der Waals surface area contributed by atoms with Gasteiger partial charge in [0.05, 0.1) is 28.8 Å². The molecule has 6 nitrogen and oxygen atoms in total. The van der Waals surface area contributed by atoms with Gasteiger partial charge in [-0.3, -0.25) is 10.1 Å². The third kappa shape index (κ3) is 2.21. The van der Waals surface area contributed by atoms with Gasteiger partial charge in [0, 0.05) is 23.9 Å². The fourth-order valence-corrected chi connectivity index (χ4v) is 2.29. The van der Waals surface area contributed by atoms with Crippen molar-refractivity contribution in [1.82, 2.24) is 9.38 Å². The first-order chi connectivity index (χ1) is 10.2. The van der Waals surface area contributed by atoms with Crippen molar-refractivity contribution >= 4 is 11.3 Å². The maximum Gasteiger partial charge on any atom is 0.270 e. The summed E-state index contributed by atoms with van der Waals surface area (Å²) in [6, 6.07) is 13.9. The van der Waals surface area contributed by atoms with E-state index in [4.69, 9.17) is 5.26 Å². The normalized spacial score (nSPS) is 10.4. The predicted molar refractivity (Wildman–Crippen MR) is 76.6 cm³/mol. The van der Waals surface area contributed by atoms with Crippen LogP contribution in [0.3, 0.4) is 0 Å². The number of aromatic nitrogens is 2. The van der Waals surface area contributed by atoms with E-state index in [9.17, 15) is 10.1 Å². The number of nitrogens with zero attached hydrogens (tertiary/aromatic N) is 4. The highest BCUT2D eigenvalue weighted by molar-refractivity contribution is 5.69. The van der Waals surface area contributed by atoms with Gasteiger partial charge in [-0.05, 0) is 12.1 Å². The molecule has 102 valence electrons. The Bertz CT molecular complexity index is 877. The molecule has 0 radical (unpaired) electrons. The van der Waals surface area contributed by atoms with Crippen LogP contribution in [0.5, 0.6) is 0 Å². The molecule has 0 atom stereocenters. The molecule has 0 aliphatic rings. The maximum absolute atomic E-state index is 10.9. The van der Waals surface area contributed by atoms with Crippen LogP contribution in [-0.4, -0.2) is 14.3 Å². The number of pyridine rings is 1. The number of nitro groups is 1. The minimum atomic E-state index is -0.441. The summed E-state index contributed by atoms with van der Waals surface area (Å²) in [4.78, 5) is 14.9. The lowest BCUT2D eigenvalue weighted by atomic mass is 10.1. The summed E-state index contributed by atoms with van der Waals surface area (Å²) < 4.78 is 1.83. The molecule has 0 aliphatic carbocycles. The van der Waals surface area contributed by atoms with E-state index >= 15 is 0 Å². The van der Waals surface area contributed by atoms with Crippen LogP contribution in [0.25, 0.3) is 16.9 Å². The average Bonchev–Trinajstić information content (AvgIpc) is 2.87. The maximum atomic E-state index is 10.9. The molecule has 3 aromatic rings. The number of hydrogen-bond acceptors (Lipinski definition) is 4. The van der Waals surface area contributed by atoms with Crippen LogP contribution < -0.4 is 0 Å². The number of imidazole rings is 1. The minimum absolute atomic E-state index is 0.00691. The van der Waals surface area contributed by atoms with Crippen LogP contribution in [0.15, 0.2) is 48.7 Å². The molecule has 0 amide bonds. The SMILES string of the molecule is N#CCc1c(-c2cccc([N+](=O)[O-])c2)nc2ccccn12. The lowest BCUT2D eigenvalue weighted by molar-refractivity contribution is -0.384. The Labute approximate surface area is 120 Å². The molecule has 0 saturated carbocycles. The monoisotopic (exact) mass is 278 g/mol. The Hall–Kier alpha value is -3.20. The van der Waals surface area contributed by atoms with Crippen molar-refractivity contribution in [1.29, 1.82) is 5.26 Å². The first-order valence-corrected chi connectivity index (χ1v) is 6.28. The molecule has 0 aliphatic heterocycles. The predicted octanol–water partition coefficient (Wildman–Crippen LogP) is 2.98. The highest BCUT2D eigenvalue weighted by Crippen LogP contribution is 2.27. The van der Waals surface area contributed by atoms with Gasteiger partial charge >= 0.3 is 0 Å². The summed E-state index contributed by atoms with van der Waals surface area (Å²) in [6.45, 7) is 0. The standard InChI is InChI=1S/C15H10N4O2/c16-8-7-13-15(17-14-6-1-2-9-18(13)14)11-4-3-5-12(10-11)19(20)21/h1-6,9-10H,7H2. The van der Waals surface area contributed by atoms with E-state index in [2.05, 4.69) is 11.1 Å². The molecule has 0 fully saturated rings. The average molecular weight is 278 g/mol. The fourth-order valence-electron chi connectivity index (χ4n) is 2.29. The summed E-state index contributed by atoms with van der Waals surface area (Å²) in [7, 11) is 0. The van der Waals surface area contributed by atoms with E-state index in [0.717, 1.165) is 5.69 Å². The Balaban J connectivity index is 2.24. The zero-order chi connectivity index (χ0) is 14.8. The number of hydrogen-bond donors (Lipinski definition) is 0. The van der Waals surface area contributed by atoms with Gasteiger partial charge in [0.15, 0.2) is 0 Å². The van der Waals surface area contributed by atoms with Crippen LogP contribution in [0, 0.1) is 21.4 Å². The minimum Gasteiger partial charge on any atom is -0.302 e. The van der Waals surface area contributed by atoms with E-state index in [-0.39, 0.29) is 12.1 Å². The van der Waals surface area contributed by atoms with Crippen LogP contribution in [0.4, 0.5) is 5.69 Å². The third-order valence-electron chi connectivity index (χ3n) is 3.21. The van der Waals surface area contributed by atoms with Gasteiger partial charge in [-0.15, -0.1) is 0 Å². The Morgan fingerprint density at radius 2 is 2.14 bits per heavy atom. The van der Waals surface area contributed by atoms with Crippen LogP contribution in [0.2, 0.25) is 0 Å². The molecule has 2 aromatic heterocycles. The summed E-state index contributed by atoms with van der Waals surface area (Å²) in [5.74, 6) is 0. The van der Waals surface area contributed by atoms with Crippen molar-refractivity contribution < 1.29 is 4.92 Å². The zero-order valence-corrected chi connectivity index (χ0v) is 10.9. The van der Waals surface area contributed by atoms with Crippen LogP contribution in [0.1, 0.15) is 5.69 Å². The lowest BCUT2D eigenvalue weighted by Crippen LogP contribution is -1.93. The smallest absolute Gasteiger partial charge is 0.270 e. The molecule has 6 heteroatoms. The fraction of sp³-hybridized carbons (Fsp3) is 0.0667. The van der Waals surface area contributed by atoms with Gasteiger partial charge in [0.2, 0.25) is 0 Å². The lowest BCUT2D eigenvalue weighted by Gasteiger charge is -2.01. The molecule has 0 N–H and O–H groups in total. The topological polar surface area (TPSA) is 84.2 Å². The van der Waals surface area contributed by atoms with Crippen LogP contribution in [-0.2, 0) is 6.42 Å². The largest absolute Gasteiger partial charge is 0.302 e. The molecule has 0 bridgehead atoms. The van der Waals surface area contributed by atoms with Gasteiger partial charge in [0.25, 0.3) is 5.69 Å². The summed E-state index contributed by atoms with van der Waals surface area (Å²) in [6.07, 6.45) is 2.01. The molecule has 2 heterocycles. The van der Waals surface area contributed by atoms with Crippen molar-refractivity contribution in [3.05, 3.63) is 64.5 Å². The second kappa shape index (κ2) is 5.06. The molecule has 0 unspecified atom stereocenters. The summed E-state index contributed by atoms with van der Waals surface area (Å²) in [5.41, 5.74) is 2.69. The number of nitro benzene ring substituents is 1. The van der Waals surface area contributed by atoms with Crippen molar-refractivity contribution in [2.45, 2.75) is 6.42 Å². The molecule has 21 heavy (non-hydrogen) atoms. The summed E-state index contributed by atoms with van der Waals surface area (Å²) in [5, 5.41) is 19.9. The van der Waals surface area contributed by atoms with E-state index in [0.29, 0.717) is 16.9 Å². The number of nitriles is 1. The molecule has 0 saturated heterocycles. The highest BCUT2D eigenvalue weighted by atomic mass is 16.6. The second-order valence-corrected chi connectivity index (χ2v) is 4.48. The second-order valence-electron chi connectivity index (χ2n) is 4.48. The molecule has 0 spiro atoms. The first-order valence-electron chi connectivity index (χ1n) is 6.28. The number of benzene rings is 1. The number of fused-ring (bicyclic) bond motifs is 1. The third-order valence-corrected chi connectivity index (χ3v) is 3.21. The van der Waals surface area contributed by atoms with E-state index < -0.39 is 4.92 Å². The van der Waals surface area contributed by atoms with Crippen molar-refractivity contribution in [3.8, 4) is 17.3 Å². The molecule has 3 rings (SSSR count). The Kier molecular flexibility index (Phi) is 3.09. The zero-order valence-electron chi connectivity index (χ0n) is 10.9. The van der Waals surface area contributed by atoms with E-state index in [1.54, 1.807) is 12.1 Å². The molecular weight excluding hydrogens is 268 g/mol. The van der Waals surface area contributed by atoms with Gasteiger partial charge in [-0.1, -0.05) is 18.2 Å². The Morgan fingerprint density at radius 3 is 2.90 bits per heavy atom. The van der Waals surface area contributed by atoms with E-state index in [1.807, 2.05) is 28.8 Å². The van der Waals surface area contributed by atoms with Gasteiger partial charge in [-0.25, -0.2) is 4.98 Å². The van der Waals surface area contributed by atoms with Crippen molar-refractivity contribution in [2.24, 2.45) is 0 Å². The van der Waals surface area contributed by atoms with Crippen LogP contribution >= 0.6 is 0 Å². The highest BCUT2D eigenvalue weighted by Gasteiger charge is 2.15. The van der Waals surface area contributed by atoms with E-state index in [1.165, 1.54) is 12.1 Å². The van der Waals surface area contributed by atoms with Gasteiger partial charge in [-0.2, -0.15) is 5.26 Å². The van der Waals surface area contributed by atoms with Crippen molar-refractivity contribution in [3.63, 3.8) is 0 Å². The van der Waals surface area contributed by atoms with Gasteiger partial charge in [0.1, 0.15) is 5.65 Å². The number of non-ortho nitro benzene ring substituents is 1. The van der Waals surface area contributed by atoms with Crippen molar-refractivity contribution in [2.75, 3.05) is 0 Å². The number of rotatable bonds is 3. The van der Waals surface area contributed by atoms with Gasteiger partial charge < -0.3 is 4.40 Å². The Morgan fingerprint density at radius 1 is 1.29 bits per heavy atom. The summed E-state index contributed by atoms with van der Waals surface area (Å²) >= 11 is 0. The molecular formula is C15H10N4O2.